The van der Waals surface area contributed by atoms with Gasteiger partial charge < -0.3 is 14.8 Å². The monoisotopic (exact) mass is 249 g/mol. The van der Waals surface area contributed by atoms with Crippen LogP contribution in [0.15, 0.2) is 18.2 Å². The Hall–Kier alpha value is -1.22. The fourth-order valence-electron chi connectivity index (χ4n) is 2.07. The van der Waals surface area contributed by atoms with E-state index in [0.717, 1.165) is 37.1 Å². The largest absolute Gasteiger partial charge is 0.497 e. The molecule has 1 fully saturated rings. The molecule has 0 bridgehead atoms. The van der Waals surface area contributed by atoms with Gasteiger partial charge in [0.1, 0.15) is 11.5 Å². The molecule has 0 aromatic heterocycles. The Balaban J connectivity index is 2.01. The third-order valence-electron chi connectivity index (χ3n) is 3.54. The Morgan fingerprint density at radius 1 is 1.33 bits per heavy atom. The van der Waals surface area contributed by atoms with E-state index in [4.69, 9.17) is 9.47 Å². The van der Waals surface area contributed by atoms with Gasteiger partial charge in [-0.2, -0.15) is 0 Å². The highest BCUT2D eigenvalue weighted by atomic mass is 16.5. The third-order valence-corrected chi connectivity index (χ3v) is 3.54. The first-order valence-electron chi connectivity index (χ1n) is 6.84. The first kappa shape index (κ1) is 13.2. The molecular weight excluding hydrogens is 226 g/mol. The van der Waals surface area contributed by atoms with Crippen LogP contribution in [0.25, 0.3) is 0 Å². The Morgan fingerprint density at radius 3 is 2.78 bits per heavy atom. The third kappa shape index (κ3) is 3.39. The van der Waals surface area contributed by atoms with Gasteiger partial charge in [0.15, 0.2) is 0 Å². The van der Waals surface area contributed by atoms with Crippen LogP contribution in [0.5, 0.6) is 11.5 Å². The topological polar surface area (TPSA) is 30.5 Å². The molecule has 0 amide bonds. The second kappa shape index (κ2) is 6.64. The zero-order valence-electron chi connectivity index (χ0n) is 11.4. The molecule has 1 aliphatic carbocycles. The summed E-state index contributed by atoms with van der Waals surface area (Å²) in [5.41, 5.74) is 1.21. The second-order valence-electron chi connectivity index (χ2n) is 4.86. The second-order valence-corrected chi connectivity index (χ2v) is 4.86. The van der Waals surface area contributed by atoms with Crippen molar-refractivity contribution in [1.29, 1.82) is 0 Å². The number of rotatable bonds is 7. The highest BCUT2D eigenvalue weighted by Crippen LogP contribution is 2.29. The summed E-state index contributed by atoms with van der Waals surface area (Å²) in [7, 11) is 1.69. The average molecular weight is 249 g/mol. The van der Waals surface area contributed by atoms with Crippen molar-refractivity contribution < 1.29 is 9.47 Å². The van der Waals surface area contributed by atoms with Crippen molar-refractivity contribution >= 4 is 0 Å². The smallest absolute Gasteiger partial charge is 0.127 e. The van der Waals surface area contributed by atoms with E-state index >= 15 is 0 Å². The normalized spacial score (nSPS) is 15.2. The van der Waals surface area contributed by atoms with Crippen molar-refractivity contribution in [2.24, 2.45) is 5.92 Å². The zero-order chi connectivity index (χ0) is 12.8. The fraction of sp³-hybridized carbons (Fsp3) is 0.600. The zero-order valence-corrected chi connectivity index (χ0v) is 11.4. The molecule has 18 heavy (non-hydrogen) atoms. The van der Waals surface area contributed by atoms with E-state index in [1.54, 1.807) is 7.11 Å². The maximum absolute atomic E-state index is 5.96. The van der Waals surface area contributed by atoms with Crippen LogP contribution in [-0.4, -0.2) is 20.3 Å². The number of ether oxygens (including phenoxy) is 2. The summed E-state index contributed by atoms with van der Waals surface area (Å²) in [4.78, 5) is 0. The number of methoxy groups -OCH3 is 1. The fourth-order valence-corrected chi connectivity index (χ4v) is 2.07. The number of nitrogens with one attached hydrogen (secondary N) is 1. The first-order valence-corrected chi connectivity index (χ1v) is 6.84. The summed E-state index contributed by atoms with van der Waals surface area (Å²) >= 11 is 0. The predicted molar refractivity (Wildman–Crippen MR) is 73.2 cm³/mol. The minimum Gasteiger partial charge on any atom is -0.497 e. The molecule has 0 spiro atoms. The maximum atomic E-state index is 5.96. The Morgan fingerprint density at radius 2 is 2.17 bits per heavy atom. The van der Waals surface area contributed by atoms with E-state index < -0.39 is 0 Å². The molecule has 1 aliphatic rings. The van der Waals surface area contributed by atoms with Crippen LogP contribution in [-0.2, 0) is 6.54 Å². The Kier molecular flexibility index (Phi) is 4.88. The molecule has 0 aliphatic heterocycles. The molecule has 0 heterocycles. The number of hydrogen-bond acceptors (Lipinski definition) is 3. The molecule has 1 saturated carbocycles. The summed E-state index contributed by atoms with van der Waals surface area (Å²) in [6.07, 6.45) is 3.98. The lowest BCUT2D eigenvalue weighted by atomic mass is 9.86. The summed E-state index contributed by atoms with van der Waals surface area (Å²) in [6, 6.07) is 6.06. The van der Waals surface area contributed by atoms with Gasteiger partial charge in [-0.25, -0.2) is 0 Å². The van der Waals surface area contributed by atoms with Crippen molar-refractivity contribution in [3.63, 3.8) is 0 Å². The van der Waals surface area contributed by atoms with E-state index in [1.807, 2.05) is 12.1 Å². The lowest BCUT2D eigenvalue weighted by Crippen LogP contribution is -2.20. The SMILES string of the molecule is CCNCc1ccc(OC)cc1OCC1CCC1. The van der Waals surface area contributed by atoms with E-state index in [-0.39, 0.29) is 0 Å². The van der Waals surface area contributed by atoms with Crippen LogP contribution in [0.4, 0.5) is 0 Å². The molecule has 2 rings (SSSR count). The number of hydrogen-bond donors (Lipinski definition) is 1. The highest BCUT2D eigenvalue weighted by molar-refractivity contribution is 5.40. The molecule has 0 unspecified atom stereocenters. The first-order chi connectivity index (χ1) is 8.83. The standard InChI is InChI=1S/C15H23NO2/c1-3-16-10-13-7-8-14(17-2)9-15(13)18-11-12-5-4-6-12/h7-9,12,16H,3-6,10-11H2,1-2H3. The molecule has 100 valence electrons. The van der Waals surface area contributed by atoms with Crippen molar-refractivity contribution in [2.45, 2.75) is 32.7 Å². The van der Waals surface area contributed by atoms with E-state index in [1.165, 1.54) is 24.8 Å². The van der Waals surface area contributed by atoms with Crippen LogP contribution >= 0.6 is 0 Å². The quantitative estimate of drug-likeness (QED) is 0.806. The minimum absolute atomic E-state index is 0.753. The van der Waals surface area contributed by atoms with Gasteiger partial charge in [-0.05, 0) is 31.4 Å². The van der Waals surface area contributed by atoms with Gasteiger partial charge in [0.2, 0.25) is 0 Å². The molecule has 1 aromatic carbocycles. The minimum atomic E-state index is 0.753. The van der Waals surface area contributed by atoms with Crippen LogP contribution in [0.3, 0.4) is 0 Å². The van der Waals surface area contributed by atoms with Crippen LogP contribution < -0.4 is 14.8 Å². The van der Waals surface area contributed by atoms with E-state index in [9.17, 15) is 0 Å². The van der Waals surface area contributed by atoms with Gasteiger partial charge >= 0.3 is 0 Å². The molecule has 1 N–H and O–H groups in total. The van der Waals surface area contributed by atoms with E-state index in [2.05, 4.69) is 18.3 Å². The van der Waals surface area contributed by atoms with Crippen LogP contribution in [0, 0.1) is 5.92 Å². The van der Waals surface area contributed by atoms with Gasteiger partial charge in [0.25, 0.3) is 0 Å². The highest BCUT2D eigenvalue weighted by Gasteiger charge is 2.18. The van der Waals surface area contributed by atoms with Gasteiger partial charge in [0, 0.05) is 18.2 Å². The molecule has 0 radical (unpaired) electrons. The summed E-state index contributed by atoms with van der Waals surface area (Å²) in [5, 5.41) is 3.34. The molecule has 0 saturated heterocycles. The van der Waals surface area contributed by atoms with Crippen LogP contribution in [0.2, 0.25) is 0 Å². The molecule has 3 nitrogen and oxygen atoms in total. The van der Waals surface area contributed by atoms with Gasteiger partial charge in [0.05, 0.1) is 13.7 Å². The van der Waals surface area contributed by atoms with Gasteiger partial charge in [-0.3, -0.25) is 0 Å². The predicted octanol–water partition coefficient (Wildman–Crippen LogP) is 2.98. The van der Waals surface area contributed by atoms with Crippen molar-refractivity contribution in [3.8, 4) is 11.5 Å². The lowest BCUT2D eigenvalue weighted by molar-refractivity contribution is 0.179. The number of benzene rings is 1. The van der Waals surface area contributed by atoms with E-state index in [0.29, 0.717) is 0 Å². The average Bonchev–Trinajstić information content (AvgIpc) is 2.35. The Bertz CT molecular complexity index is 375. The van der Waals surface area contributed by atoms with Gasteiger partial charge in [-0.1, -0.05) is 19.4 Å². The molecular formula is C15H23NO2. The summed E-state index contributed by atoms with van der Waals surface area (Å²) < 4.78 is 11.2. The van der Waals surface area contributed by atoms with Crippen molar-refractivity contribution in [1.82, 2.24) is 5.32 Å². The van der Waals surface area contributed by atoms with Gasteiger partial charge in [-0.15, -0.1) is 0 Å². The Labute approximate surface area is 109 Å². The molecule has 3 heteroatoms. The molecule has 0 atom stereocenters. The summed E-state index contributed by atoms with van der Waals surface area (Å²) in [6.45, 7) is 4.76. The lowest BCUT2D eigenvalue weighted by Gasteiger charge is -2.25. The van der Waals surface area contributed by atoms with Crippen LogP contribution in [0.1, 0.15) is 31.7 Å². The van der Waals surface area contributed by atoms with Crippen molar-refractivity contribution in [2.75, 3.05) is 20.3 Å². The summed E-state index contributed by atoms with van der Waals surface area (Å²) in [5.74, 6) is 2.57. The maximum Gasteiger partial charge on any atom is 0.127 e. The molecule has 1 aromatic rings. The van der Waals surface area contributed by atoms with Crippen molar-refractivity contribution in [3.05, 3.63) is 23.8 Å².